The fourth-order valence-corrected chi connectivity index (χ4v) is 1.46. The predicted octanol–water partition coefficient (Wildman–Crippen LogP) is 3.07. The first-order valence-electron chi connectivity index (χ1n) is 5.12. The van der Waals surface area contributed by atoms with Gasteiger partial charge in [-0.15, -0.1) is 0 Å². The molecule has 1 aromatic rings. The van der Waals surface area contributed by atoms with Crippen molar-refractivity contribution in [3.63, 3.8) is 0 Å². The van der Waals surface area contributed by atoms with Crippen LogP contribution in [0.3, 0.4) is 0 Å². The van der Waals surface area contributed by atoms with E-state index >= 15 is 0 Å². The number of rotatable bonds is 4. The molecule has 1 rings (SSSR count). The van der Waals surface area contributed by atoms with Gasteiger partial charge in [-0.3, -0.25) is 0 Å². The van der Waals surface area contributed by atoms with Crippen LogP contribution < -0.4 is 4.74 Å². The third-order valence-electron chi connectivity index (χ3n) is 2.22. The Bertz CT molecular complexity index is 398. The van der Waals surface area contributed by atoms with Gasteiger partial charge in [-0.2, -0.15) is 5.26 Å². The molecule has 0 spiro atoms. The summed E-state index contributed by atoms with van der Waals surface area (Å²) in [5.74, 6) is 0.472. The summed E-state index contributed by atoms with van der Waals surface area (Å²) in [6.45, 7) is 3.53. The van der Waals surface area contributed by atoms with Crippen LogP contribution in [0.2, 0.25) is 5.02 Å². The van der Waals surface area contributed by atoms with E-state index in [0.29, 0.717) is 17.2 Å². The van der Waals surface area contributed by atoms with Crippen LogP contribution in [0.25, 0.3) is 0 Å². The molecule has 86 valence electrons. The standard InChI is InChI=1S/C12H14ClNO2/c1-3-10(7-14)16-12-5-4-9(8(2)15)6-11(12)13/h4-6,8,10,15H,3H2,1-2H3/t8-,10?/m0/s1. The number of nitrogens with zero attached hydrogens (tertiary/aromatic N) is 1. The van der Waals surface area contributed by atoms with Gasteiger partial charge in [0.05, 0.1) is 11.1 Å². The normalized spacial score (nSPS) is 13.9. The molecule has 0 aliphatic carbocycles. The van der Waals surface area contributed by atoms with Crippen molar-refractivity contribution in [2.24, 2.45) is 0 Å². The second-order valence-electron chi connectivity index (χ2n) is 3.51. The lowest BCUT2D eigenvalue weighted by molar-refractivity contribution is 0.199. The van der Waals surface area contributed by atoms with E-state index < -0.39 is 12.2 Å². The number of aliphatic hydroxyl groups excluding tert-OH is 1. The van der Waals surface area contributed by atoms with Crippen LogP contribution in [0.4, 0.5) is 0 Å². The highest BCUT2D eigenvalue weighted by atomic mass is 35.5. The maximum atomic E-state index is 9.36. The van der Waals surface area contributed by atoms with Gasteiger partial charge in [0, 0.05) is 0 Å². The Labute approximate surface area is 100 Å². The molecule has 0 aliphatic rings. The van der Waals surface area contributed by atoms with Gasteiger partial charge in [0.15, 0.2) is 6.10 Å². The number of benzene rings is 1. The lowest BCUT2D eigenvalue weighted by Gasteiger charge is -2.13. The van der Waals surface area contributed by atoms with Gasteiger partial charge in [-0.25, -0.2) is 0 Å². The zero-order valence-electron chi connectivity index (χ0n) is 9.27. The molecule has 1 unspecified atom stereocenters. The lowest BCUT2D eigenvalue weighted by atomic mass is 10.1. The van der Waals surface area contributed by atoms with Crippen molar-refractivity contribution in [1.82, 2.24) is 0 Å². The van der Waals surface area contributed by atoms with E-state index in [0.717, 1.165) is 5.56 Å². The Morgan fingerprint density at radius 2 is 2.25 bits per heavy atom. The Morgan fingerprint density at radius 1 is 1.56 bits per heavy atom. The largest absolute Gasteiger partial charge is 0.474 e. The summed E-state index contributed by atoms with van der Waals surface area (Å²) in [5.41, 5.74) is 0.724. The summed E-state index contributed by atoms with van der Waals surface area (Å²) >= 11 is 5.99. The highest BCUT2D eigenvalue weighted by molar-refractivity contribution is 6.32. The summed E-state index contributed by atoms with van der Waals surface area (Å²) < 4.78 is 5.40. The molecule has 0 aromatic heterocycles. The molecule has 0 amide bonds. The zero-order chi connectivity index (χ0) is 12.1. The third-order valence-corrected chi connectivity index (χ3v) is 2.52. The summed E-state index contributed by atoms with van der Waals surface area (Å²) in [5, 5.41) is 18.5. The van der Waals surface area contributed by atoms with Gasteiger partial charge >= 0.3 is 0 Å². The molecule has 0 fully saturated rings. The molecule has 1 N–H and O–H groups in total. The number of hydrogen-bond acceptors (Lipinski definition) is 3. The van der Waals surface area contributed by atoms with Crippen LogP contribution in [0.1, 0.15) is 31.9 Å². The van der Waals surface area contributed by atoms with E-state index in [4.69, 9.17) is 21.6 Å². The van der Waals surface area contributed by atoms with Crippen LogP contribution in [0.5, 0.6) is 5.75 Å². The Morgan fingerprint density at radius 3 is 2.69 bits per heavy atom. The molecule has 2 atom stereocenters. The molecule has 0 bridgehead atoms. The average Bonchev–Trinajstić information content (AvgIpc) is 2.27. The van der Waals surface area contributed by atoms with E-state index in [2.05, 4.69) is 0 Å². The first-order valence-corrected chi connectivity index (χ1v) is 5.50. The fourth-order valence-electron chi connectivity index (χ4n) is 1.23. The number of halogens is 1. The van der Waals surface area contributed by atoms with E-state index in [-0.39, 0.29) is 0 Å². The summed E-state index contributed by atoms with van der Waals surface area (Å²) in [6, 6.07) is 7.08. The van der Waals surface area contributed by atoms with Gasteiger partial charge in [0.2, 0.25) is 0 Å². The molecule has 0 radical (unpaired) electrons. The first kappa shape index (κ1) is 12.8. The summed E-state index contributed by atoms with van der Waals surface area (Å²) in [4.78, 5) is 0. The molecule has 1 aromatic carbocycles. The van der Waals surface area contributed by atoms with Crippen molar-refractivity contribution in [2.75, 3.05) is 0 Å². The summed E-state index contributed by atoms with van der Waals surface area (Å²) in [7, 11) is 0. The van der Waals surface area contributed by atoms with E-state index in [1.54, 1.807) is 25.1 Å². The Hall–Kier alpha value is -1.24. The lowest BCUT2D eigenvalue weighted by Crippen LogP contribution is -2.12. The molecule has 16 heavy (non-hydrogen) atoms. The van der Waals surface area contributed by atoms with E-state index in [1.807, 2.05) is 13.0 Å². The minimum Gasteiger partial charge on any atom is -0.474 e. The highest BCUT2D eigenvalue weighted by Crippen LogP contribution is 2.28. The van der Waals surface area contributed by atoms with Gasteiger partial charge in [-0.1, -0.05) is 24.6 Å². The van der Waals surface area contributed by atoms with E-state index in [1.165, 1.54) is 0 Å². The minimum absolute atomic E-state index is 0.409. The van der Waals surface area contributed by atoms with Gasteiger partial charge < -0.3 is 9.84 Å². The maximum Gasteiger partial charge on any atom is 0.184 e. The van der Waals surface area contributed by atoms with Gasteiger partial charge in [-0.05, 0) is 31.0 Å². The first-order chi connectivity index (χ1) is 7.58. The van der Waals surface area contributed by atoms with Crippen molar-refractivity contribution in [3.8, 4) is 11.8 Å². The van der Waals surface area contributed by atoms with Gasteiger partial charge in [0.1, 0.15) is 11.8 Å². The highest BCUT2D eigenvalue weighted by Gasteiger charge is 2.11. The topological polar surface area (TPSA) is 53.2 Å². The molecule has 0 heterocycles. The van der Waals surface area contributed by atoms with Crippen LogP contribution in [0, 0.1) is 11.3 Å². The Balaban J connectivity index is 2.87. The van der Waals surface area contributed by atoms with Crippen molar-refractivity contribution in [3.05, 3.63) is 28.8 Å². The second kappa shape index (κ2) is 5.74. The van der Waals surface area contributed by atoms with Crippen LogP contribution >= 0.6 is 11.6 Å². The zero-order valence-corrected chi connectivity index (χ0v) is 10.0. The molecule has 3 nitrogen and oxygen atoms in total. The molecular formula is C12H14ClNO2. The number of ether oxygens (including phenoxy) is 1. The number of hydrogen-bond donors (Lipinski definition) is 1. The SMILES string of the molecule is CCC(C#N)Oc1ccc([C@H](C)O)cc1Cl. The van der Waals surface area contributed by atoms with Crippen LogP contribution in [-0.2, 0) is 0 Å². The maximum absolute atomic E-state index is 9.36. The van der Waals surface area contributed by atoms with Crippen LogP contribution in [0.15, 0.2) is 18.2 Å². The molecular weight excluding hydrogens is 226 g/mol. The smallest absolute Gasteiger partial charge is 0.184 e. The van der Waals surface area contributed by atoms with Crippen LogP contribution in [-0.4, -0.2) is 11.2 Å². The van der Waals surface area contributed by atoms with E-state index in [9.17, 15) is 5.11 Å². The van der Waals surface area contributed by atoms with Crippen molar-refractivity contribution < 1.29 is 9.84 Å². The summed E-state index contributed by atoms with van der Waals surface area (Å²) in [6.07, 6.45) is -0.454. The third kappa shape index (κ3) is 3.13. The molecule has 4 heteroatoms. The number of nitriles is 1. The quantitative estimate of drug-likeness (QED) is 0.879. The minimum atomic E-state index is -0.565. The second-order valence-corrected chi connectivity index (χ2v) is 3.92. The monoisotopic (exact) mass is 239 g/mol. The fraction of sp³-hybridized carbons (Fsp3) is 0.417. The van der Waals surface area contributed by atoms with Crippen molar-refractivity contribution >= 4 is 11.6 Å². The predicted molar refractivity (Wildman–Crippen MR) is 62.4 cm³/mol. The molecule has 0 aliphatic heterocycles. The Kier molecular flexibility index (Phi) is 4.60. The van der Waals surface area contributed by atoms with Crippen molar-refractivity contribution in [2.45, 2.75) is 32.5 Å². The van der Waals surface area contributed by atoms with Crippen molar-refractivity contribution in [1.29, 1.82) is 5.26 Å². The molecule has 0 saturated heterocycles. The van der Waals surface area contributed by atoms with Gasteiger partial charge in [0.25, 0.3) is 0 Å². The average molecular weight is 240 g/mol. The molecule has 0 saturated carbocycles. The number of aliphatic hydroxyl groups is 1.